The molecule has 0 spiro atoms. The number of ether oxygens (including phenoxy) is 3. The van der Waals surface area contributed by atoms with Crippen molar-refractivity contribution >= 4 is 12.1 Å². The van der Waals surface area contributed by atoms with Crippen LogP contribution >= 0.6 is 0 Å². The van der Waals surface area contributed by atoms with Crippen molar-refractivity contribution in [1.82, 2.24) is 0 Å². The zero-order valence-electron chi connectivity index (χ0n) is 11.8. The molecule has 0 aromatic carbocycles. The average molecular weight is 292 g/mol. The van der Waals surface area contributed by atoms with Crippen LogP contribution in [0.25, 0.3) is 0 Å². The first-order chi connectivity index (χ1) is 9.36. The Balaban J connectivity index is 3.93. The summed E-state index contributed by atoms with van der Waals surface area (Å²) < 4.78 is 14.0. The molecule has 0 aliphatic heterocycles. The Hall–Kier alpha value is -1.80. The van der Waals surface area contributed by atoms with Crippen molar-refractivity contribution in [3.63, 3.8) is 0 Å². The predicted molar refractivity (Wildman–Crippen MR) is 66.3 cm³/mol. The zero-order chi connectivity index (χ0) is 15.5. The van der Waals surface area contributed by atoms with Gasteiger partial charge in [0.1, 0.15) is 0 Å². The third-order valence-corrected chi connectivity index (χ3v) is 1.89. The lowest BCUT2D eigenvalue weighted by Crippen LogP contribution is -2.26. The second-order valence-electron chi connectivity index (χ2n) is 3.74. The molecule has 0 aliphatic carbocycles. The molecule has 8 heteroatoms. The lowest BCUT2D eigenvalue weighted by molar-refractivity contribution is -0.269. The van der Waals surface area contributed by atoms with E-state index in [-0.39, 0.29) is 5.76 Å². The molecule has 1 N–H and O–H groups in total. The largest absolute Gasteiger partial charge is 0.508 e. The molecule has 8 nitrogen and oxygen atoms in total. The molecule has 2 atom stereocenters. The predicted octanol–water partition coefficient (Wildman–Crippen LogP) is 2.19. The first-order valence-electron chi connectivity index (χ1n) is 6.11. The molecule has 0 rings (SSSR count). The monoisotopic (exact) mass is 292 g/mol. The summed E-state index contributed by atoms with van der Waals surface area (Å²) in [6.07, 6.45) is -1.90. The lowest BCUT2D eigenvalue weighted by Gasteiger charge is -2.18. The molecule has 0 aromatic rings. The number of hydrogen-bond donors (Lipinski definition) is 1. The van der Waals surface area contributed by atoms with Gasteiger partial charge < -0.3 is 24.2 Å². The van der Waals surface area contributed by atoms with Gasteiger partial charge in [-0.2, -0.15) is 4.89 Å². The molecule has 0 saturated carbocycles. The fraction of sp³-hybridized carbons (Fsp3) is 0.667. The minimum Gasteiger partial charge on any atom is -0.450 e. The molecule has 0 fully saturated rings. The highest BCUT2D eigenvalue weighted by Crippen LogP contribution is 2.06. The van der Waals surface area contributed by atoms with Crippen molar-refractivity contribution in [3.05, 3.63) is 12.3 Å². The van der Waals surface area contributed by atoms with Gasteiger partial charge >= 0.3 is 12.1 Å². The Labute approximate surface area is 117 Å². The number of hydrogen-bond acceptors (Lipinski definition) is 7. The number of unbranched alkanes of at least 4 members (excludes halogenated alkanes) is 1. The van der Waals surface area contributed by atoms with Gasteiger partial charge in [0, 0.05) is 0 Å². The molecule has 0 bridgehead atoms. The fourth-order valence-electron chi connectivity index (χ4n) is 1.03. The highest BCUT2D eigenvalue weighted by atomic mass is 17.2. The van der Waals surface area contributed by atoms with Crippen LogP contribution in [0.2, 0.25) is 0 Å². The van der Waals surface area contributed by atoms with E-state index in [1.807, 2.05) is 6.92 Å². The average Bonchev–Trinajstić information content (AvgIpc) is 2.32. The van der Waals surface area contributed by atoms with E-state index in [1.165, 1.54) is 13.8 Å². The van der Waals surface area contributed by atoms with Crippen molar-refractivity contribution in [2.45, 2.75) is 46.2 Å². The summed E-state index contributed by atoms with van der Waals surface area (Å²) in [5.41, 5.74) is 0. The Morgan fingerprint density at radius 3 is 2.35 bits per heavy atom. The van der Waals surface area contributed by atoms with Crippen molar-refractivity contribution < 1.29 is 38.7 Å². The molecule has 0 radical (unpaired) electrons. The molecular weight excluding hydrogens is 272 g/mol. The summed E-state index contributed by atoms with van der Waals surface area (Å²) in [6, 6.07) is 0. The van der Waals surface area contributed by atoms with E-state index in [2.05, 4.69) is 16.2 Å². The first kappa shape index (κ1) is 18.2. The summed E-state index contributed by atoms with van der Waals surface area (Å²) in [6.45, 7) is 8.38. The standard InChI is InChI=1S/C12H20O8/c1-5-6-7-16-20-8(2)11(13)18-9(3)17-10(4)19-12(14)15/h9-10H,2,5-7H2,1,3-4H3,(H,14,15). The van der Waals surface area contributed by atoms with Crippen LogP contribution in [-0.4, -0.2) is 36.4 Å². The van der Waals surface area contributed by atoms with Gasteiger partial charge in [0.2, 0.25) is 18.3 Å². The Morgan fingerprint density at radius 1 is 1.20 bits per heavy atom. The SMILES string of the molecule is C=C(OOCCCC)C(=O)OC(C)OC(C)OC(=O)O. The van der Waals surface area contributed by atoms with Gasteiger partial charge in [0.25, 0.3) is 0 Å². The molecule has 0 aliphatic rings. The maximum Gasteiger partial charge on any atom is 0.508 e. The van der Waals surface area contributed by atoms with Gasteiger partial charge in [-0.1, -0.05) is 13.3 Å². The zero-order valence-corrected chi connectivity index (χ0v) is 11.8. The maximum absolute atomic E-state index is 11.5. The summed E-state index contributed by atoms with van der Waals surface area (Å²) in [5.74, 6) is -1.21. The van der Waals surface area contributed by atoms with Gasteiger partial charge in [-0.3, -0.25) is 0 Å². The van der Waals surface area contributed by atoms with E-state index in [9.17, 15) is 9.59 Å². The summed E-state index contributed by atoms with van der Waals surface area (Å²) in [7, 11) is 0. The van der Waals surface area contributed by atoms with Crippen molar-refractivity contribution in [2.75, 3.05) is 6.61 Å². The van der Waals surface area contributed by atoms with Crippen LogP contribution < -0.4 is 0 Å². The van der Waals surface area contributed by atoms with Gasteiger partial charge in [-0.15, -0.1) is 0 Å². The summed E-state index contributed by atoms with van der Waals surface area (Å²) >= 11 is 0. The minimum absolute atomic E-state index is 0.330. The second kappa shape index (κ2) is 10.0. The van der Waals surface area contributed by atoms with Crippen LogP contribution in [-0.2, 0) is 28.8 Å². The Kier molecular flexibility index (Phi) is 9.14. The van der Waals surface area contributed by atoms with Gasteiger partial charge in [-0.05, 0) is 26.8 Å². The third kappa shape index (κ3) is 9.17. The number of carbonyl (C=O) groups excluding carboxylic acids is 1. The van der Waals surface area contributed by atoms with Crippen LogP contribution in [0.3, 0.4) is 0 Å². The second-order valence-corrected chi connectivity index (χ2v) is 3.74. The maximum atomic E-state index is 11.5. The molecule has 116 valence electrons. The number of esters is 1. The normalized spacial score (nSPS) is 13.2. The molecule has 20 heavy (non-hydrogen) atoms. The molecule has 0 amide bonds. The number of carbonyl (C=O) groups is 2. The fourth-order valence-corrected chi connectivity index (χ4v) is 1.03. The smallest absolute Gasteiger partial charge is 0.450 e. The summed E-state index contributed by atoms with van der Waals surface area (Å²) in [4.78, 5) is 31.0. The number of carboxylic acid groups (broad SMARTS) is 1. The Bertz CT molecular complexity index is 327. The highest BCUT2D eigenvalue weighted by Gasteiger charge is 2.19. The molecule has 0 aromatic heterocycles. The third-order valence-electron chi connectivity index (χ3n) is 1.89. The quantitative estimate of drug-likeness (QED) is 0.124. The van der Waals surface area contributed by atoms with Gasteiger partial charge in [0.15, 0.2) is 0 Å². The van der Waals surface area contributed by atoms with Crippen LogP contribution in [0, 0.1) is 0 Å². The van der Waals surface area contributed by atoms with E-state index in [4.69, 9.17) is 19.5 Å². The topological polar surface area (TPSA) is 101 Å². The Morgan fingerprint density at radius 2 is 1.80 bits per heavy atom. The van der Waals surface area contributed by atoms with E-state index < -0.39 is 24.7 Å². The highest BCUT2D eigenvalue weighted by molar-refractivity contribution is 5.85. The van der Waals surface area contributed by atoms with E-state index in [0.717, 1.165) is 12.8 Å². The lowest BCUT2D eigenvalue weighted by atomic mass is 10.4. The van der Waals surface area contributed by atoms with Gasteiger partial charge in [0.05, 0.1) is 6.61 Å². The molecule has 0 heterocycles. The van der Waals surface area contributed by atoms with Crippen LogP contribution in [0.15, 0.2) is 12.3 Å². The summed E-state index contributed by atoms with van der Waals surface area (Å²) in [5, 5.41) is 8.35. The van der Waals surface area contributed by atoms with Crippen LogP contribution in [0.1, 0.15) is 33.6 Å². The van der Waals surface area contributed by atoms with Gasteiger partial charge in [-0.25, -0.2) is 9.59 Å². The van der Waals surface area contributed by atoms with E-state index in [1.54, 1.807) is 0 Å². The minimum atomic E-state index is -1.49. The van der Waals surface area contributed by atoms with Crippen molar-refractivity contribution in [3.8, 4) is 0 Å². The van der Waals surface area contributed by atoms with Crippen molar-refractivity contribution in [1.29, 1.82) is 0 Å². The molecule has 2 unspecified atom stereocenters. The molecule has 0 saturated heterocycles. The first-order valence-corrected chi connectivity index (χ1v) is 6.11. The van der Waals surface area contributed by atoms with E-state index >= 15 is 0 Å². The van der Waals surface area contributed by atoms with Crippen molar-refractivity contribution in [2.24, 2.45) is 0 Å². The molecular formula is C12H20O8. The van der Waals surface area contributed by atoms with Crippen LogP contribution in [0.4, 0.5) is 4.79 Å². The van der Waals surface area contributed by atoms with Crippen LogP contribution in [0.5, 0.6) is 0 Å². The van der Waals surface area contributed by atoms with E-state index in [0.29, 0.717) is 6.61 Å². The number of rotatable bonds is 10.